The lowest BCUT2D eigenvalue weighted by Gasteiger charge is -2.15. The van der Waals surface area contributed by atoms with E-state index >= 15 is 0 Å². The first kappa shape index (κ1) is 13.6. The summed E-state index contributed by atoms with van der Waals surface area (Å²) in [6.45, 7) is 4.08. The minimum Gasteiger partial charge on any atom is -0.481 e. The molecule has 5 nitrogen and oxygen atoms in total. The molecule has 6 heteroatoms. The average molecular weight is 277 g/mol. The van der Waals surface area contributed by atoms with Crippen molar-refractivity contribution in [2.75, 3.05) is 5.75 Å². The molecule has 2 aromatic rings. The van der Waals surface area contributed by atoms with Gasteiger partial charge in [-0.05, 0) is 19.4 Å². The number of aliphatic carboxylic acids is 1. The van der Waals surface area contributed by atoms with E-state index in [1.54, 1.807) is 6.33 Å². The van der Waals surface area contributed by atoms with Crippen LogP contribution in [0.5, 0.6) is 0 Å². The normalized spacial score (nSPS) is 12.3. The minimum absolute atomic E-state index is 0.0146. The summed E-state index contributed by atoms with van der Waals surface area (Å²) in [7, 11) is 0. The van der Waals surface area contributed by atoms with E-state index in [0.29, 0.717) is 5.16 Å². The standard InChI is InChI=1S/C13H15N3O2S/c1-9-3-5-11(6-4-9)10(2)16-8-14-15-13(16)19-7-12(17)18/h3-6,8,10H,7H2,1-2H3,(H,17,18). The van der Waals surface area contributed by atoms with Crippen molar-refractivity contribution < 1.29 is 9.90 Å². The third-order valence-corrected chi connectivity index (χ3v) is 3.78. The van der Waals surface area contributed by atoms with Crippen LogP contribution in [0, 0.1) is 6.92 Å². The van der Waals surface area contributed by atoms with Crippen molar-refractivity contribution >= 4 is 17.7 Å². The number of benzene rings is 1. The van der Waals surface area contributed by atoms with E-state index in [0.717, 1.165) is 5.56 Å². The zero-order valence-electron chi connectivity index (χ0n) is 10.8. The van der Waals surface area contributed by atoms with Gasteiger partial charge >= 0.3 is 5.97 Å². The molecule has 0 aliphatic rings. The highest BCUT2D eigenvalue weighted by molar-refractivity contribution is 7.99. The van der Waals surface area contributed by atoms with Crippen LogP contribution in [-0.4, -0.2) is 31.6 Å². The fourth-order valence-electron chi connectivity index (χ4n) is 1.73. The molecule has 100 valence electrons. The highest BCUT2D eigenvalue weighted by Crippen LogP contribution is 2.24. The van der Waals surface area contributed by atoms with Crippen LogP contribution in [0.1, 0.15) is 24.1 Å². The number of thioether (sulfide) groups is 1. The number of rotatable bonds is 5. The predicted octanol–water partition coefficient (Wildman–Crippen LogP) is 2.37. The summed E-state index contributed by atoms with van der Waals surface area (Å²) in [6.07, 6.45) is 1.63. The van der Waals surface area contributed by atoms with E-state index in [1.807, 2.05) is 18.4 Å². The molecule has 1 N–H and O–H groups in total. The Labute approximate surface area is 115 Å². The second-order valence-electron chi connectivity index (χ2n) is 4.29. The lowest BCUT2D eigenvalue weighted by Crippen LogP contribution is -2.08. The molecular formula is C13H15N3O2S. The second-order valence-corrected chi connectivity index (χ2v) is 5.23. The Kier molecular flexibility index (Phi) is 4.21. The lowest BCUT2D eigenvalue weighted by atomic mass is 10.1. The largest absolute Gasteiger partial charge is 0.481 e. The first-order valence-electron chi connectivity index (χ1n) is 5.88. The summed E-state index contributed by atoms with van der Waals surface area (Å²) < 4.78 is 1.89. The number of hydrogen-bond acceptors (Lipinski definition) is 4. The van der Waals surface area contributed by atoms with Gasteiger partial charge in [0.2, 0.25) is 0 Å². The summed E-state index contributed by atoms with van der Waals surface area (Å²) >= 11 is 1.18. The molecule has 0 amide bonds. The highest BCUT2D eigenvalue weighted by atomic mass is 32.2. The third-order valence-electron chi connectivity index (χ3n) is 2.84. The topological polar surface area (TPSA) is 68.0 Å². The van der Waals surface area contributed by atoms with Crippen LogP contribution in [0.4, 0.5) is 0 Å². The summed E-state index contributed by atoms with van der Waals surface area (Å²) in [4.78, 5) is 10.6. The van der Waals surface area contributed by atoms with Gasteiger partial charge in [0.15, 0.2) is 5.16 Å². The van der Waals surface area contributed by atoms with E-state index in [-0.39, 0.29) is 11.8 Å². The highest BCUT2D eigenvalue weighted by Gasteiger charge is 2.14. The third kappa shape index (κ3) is 3.35. The maximum absolute atomic E-state index is 10.6. The van der Waals surface area contributed by atoms with Gasteiger partial charge in [-0.25, -0.2) is 0 Å². The van der Waals surface area contributed by atoms with Crippen molar-refractivity contribution in [2.45, 2.75) is 25.0 Å². The molecule has 0 spiro atoms. The van der Waals surface area contributed by atoms with Crippen molar-refractivity contribution in [2.24, 2.45) is 0 Å². The average Bonchev–Trinajstić information content (AvgIpc) is 2.84. The van der Waals surface area contributed by atoms with Crippen LogP contribution in [0.2, 0.25) is 0 Å². The van der Waals surface area contributed by atoms with Gasteiger partial charge < -0.3 is 9.67 Å². The van der Waals surface area contributed by atoms with Gasteiger partial charge in [0.25, 0.3) is 0 Å². The predicted molar refractivity (Wildman–Crippen MR) is 73.4 cm³/mol. The number of hydrogen-bond donors (Lipinski definition) is 1. The molecular weight excluding hydrogens is 262 g/mol. The van der Waals surface area contributed by atoms with Crippen LogP contribution in [0.25, 0.3) is 0 Å². The van der Waals surface area contributed by atoms with Crippen molar-refractivity contribution in [3.8, 4) is 0 Å². The van der Waals surface area contributed by atoms with Gasteiger partial charge in [-0.2, -0.15) is 0 Å². The molecule has 1 aromatic carbocycles. The van der Waals surface area contributed by atoms with E-state index in [1.165, 1.54) is 17.3 Å². The monoisotopic (exact) mass is 277 g/mol. The van der Waals surface area contributed by atoms with E-state index in [9.17, 15) is 4.79 Å². The van der Waals surface area contributed by atoms with Crippen LogP contribution in [0.15, 0.2) is 35.7 Å². The van der Waals surface area contributed by atoms with Crippen LogP contribution in [-0.2, 0) is 4.79 Å². The summed E-state index contributed by atoms with van der Waals surface area (Å²) in [5, 5.41) is 17.2. The van der Waals surface area contributed by atoms with E-state index < -0.39 is 5.97 Å². The molecule has 0 fully saturated rings. The number of carboxylic acid groups (broad SMARTS) is 1. The zero-order valence-corrected chi connectivity index (χ0v) is 11.6. The summed E-state index contributed by atoms with van der Waals surface area (Å²) in [6, 6.07) is 8.31. The fraction of sp³-hybridized carbons (Fsp3) is 0.308. The molecule has 1 heterocycles. The number of carboxylic acids is 1. The molecule has 2 rings (SSSR count). The van der Waals surface area contributed by atoms with E-state index in [2.05, 4.69) is 34.5 Å². The molecule has 0 saturated carbocycles. The Balaban J connectivity index is 2.19. The second kappa shape index (κ2) is 5.88. The van der Waals surface area contributed by atoms with Gasteiger partial charge in [-0.3, -0.25) is 4.79 Å². The quantitative estimate of drug-likeness (QED) is 0.850. The molecule has 0 aliphatic carbocycles. The van der Waals surface area contributed by atoms with Crippen molar-refractivity contribution in [1.29, 1.82) is 0 Å². The Morgan fingerprint density at radius 3 is 2.74 bits per heavy atom. The fourth-order valence-corrected chi connectivity index (χ4v) is 2.44. The van der Waals surface area contributed by atoms with Gasteiger partial charge in [0.1, 0.15) is 6.33 Å². The van der Waals surface area contributed by atoms with Crippen molar-refractivity contribution in [1.82, 2.24) is 14.8 Å². The van der Waals surface area contributed by atoms with Gasteiger partial charge in [0.05, 0.1) is 11.8 Å². The molecule has 19 heavy (non-hydrogen) atoms. The first-order valence-corrected chi connectivity index (χ1v) is 6.87. The minimum atomic E-state index is -0.859. The van der Waals surface area contributed by atoms with Crippen LogP contribution >= 0.6 is 11.8 Å². The van der Waals surface area contributed by atoms with Crippen LogP contribution in [0.3, 0.4) is 0 Å². The molecule has 0 saturated heterocycles. The molecule has 1 atom stereocenters. The number of aromatic nitrogens is 3. The number of nitrogens with zero attached hydrogens (tertiary/aromatic N) is 3. The van der Waals surface area contributed by atoms with Crippen molar-refractivity contribution in [3.05, 3.63) is 41.7 Å². The lowest BCUT2D eigenvalue weighted by molar-refractivity contribution is -0.133. The Hall–Kier alpha value is -1.82. The molecule has 1 unspecified atom stereocenters. The maximum atomic E-state index is 10.6. The van der Waals surface area contributed by atoms with Crippen LogP contribution < -0.4 is 0 Å². The number of aryl methyl sites for hydroxylation is 1. The Morgan fingerprint density at radius 1 is 1.42 bits per heavy atom. The molecule has 0 aliphatic heterocycles. The maximum Gasteiger partial charge on any atom is 0.313 e. The molecule has 1 aromatic heterocycles. The van der Waals surface area contributed by atoms with Gasteiger partial charge in [-0.1, -0.05) is 41.6 Å². The smallest absolute Gasteiger partial charge is 0.313 e. The van der Waals surface area contributed by atoms with Gasteiger partial charge in [-0.15, -0.1) is 10.2 Å². The summed E-state index contributed by atoms with van der Waals surface area (Å²) in [5.41, 5.74) is 2.35. The zero-order chi connectivity index (χ0) is 13.8. The molecule has 0 bridgehead atoms. The Morgan fingerprint density at radius 2 is 2.11 bits per heavy atom. The molecule has 0 radical (unpaired) electrons. The van der Waals surface area contributed by atoms with Gasteiger partial charge in [0, 0.05) is 0 Å². The SMILES string of the molecule is Cc1ccc(C(C)n2cnnc2SCC(=O)O)cc1. The first-order chi connectivity index (χ1) is 9.08. The Bertz CT molecular complexity index is 566. The van der Waals surface area contributed by atoms with E-state index in [4.69, 9.17) is 5.11 Å². The summed E-state index contributed by atoms with van der Waals surface area (Å²) in [5.74, 6) is -0.873. The number of carbonyl (C=O) groups is 1. The van der Waals surface area contributed by atoms with Crippen molar-refractivity contribution in [3.63, 3.8) is 0 Å².